The highest BCUT2D eigenvalue weighted by Gasteiger charge is 2.46. The molecule has 0 radical (unpaired) electrons. The summed E-state index contributed by atoms with van der Waals surface area (Å²) >= 11 is 0. The van der Waals surface area contributed by atoms with Crippen LogP contribution in [0.15, 0.2) is 40.9 Å². The predicted octanol–water partition coefficient (Wildman–Crippen LogP) is 3.89. The lowest BCUT2D eigenvalue weighted by atomic mass is 9.81. The van der Waals surface area contributed by atoms with E-state index in [9.17, 15) is 4.79 Å². The van der Waals surface area contributed by atoms with E-state index in [4.69, 9.17) is 4.52 Å². The fourth-order valence-corrected chi connectivity index (χ4v) is 4.68. The summed E-state index contributed by atoms with van der Waals surface area (Å²) in [5, 5.41) is 4.03. The van der Waals surface area contributed by atoms with Gasteiger partial charge in [-0.25, -0.2) is 0 Å². The Morgan fingerprint density at radius 3 is 2.56 bits per heavy atom. The van der Waals surface area contributed by atoms with Crippen molar-refractivity contribution in [3.05, 3.63) is 53.4 Å². The molecule has 5 nitrogen and oxygen atoms in total. The van der Waals surface area contributed by atoms with Gasteiger partial charge in [-0.05, 0) is 43.7 Å². The van der Waals surface area contributed by atoms with Gasteiger partial charge in [0.25, 0.3) is 5.91 Å². The topological polar surface area (TPSA) is 49.6 Å². The van der Waals surface area contributed by atoms with Gasteiger partial charge < -0.3 is 9.42 Å². The molecule has 1 aromatic heterocycles. The average molecular weight is 367 g/mol. The number of carbonyl (C=O) groups is 1. The minimum atomic E-state index is -0.0236. The van der Waals surface area contributed by atoms with E-state index in [1.165, 1.54) is 12.0 Å². The third-order valence-corrected chi connectivity index (χ3v) is 6.51. The maximum atomic E-state index is 12.8. The van der Waals surface area contributed by atoms with Gasteiger partial charge in [-0.3, -0.25) is 9.69 Å². The van der Waals surface area contributed by atoms with Gasteiger partial charge in [0, 0.05) is 31.2 Å². The molecule has 1 atom stereocenters. The molecule has 27 heavy (non-hydrogen) atoms. The Kier molecular flexibility index (Phi) is 4.81. The number of benzene rings is 1. The van der Waals surface area contributed by atoms with Gasteiger partial charge in [0.05, 0.1) is 5.69 Å². The number of hydrogen-bond acceptors (Lipinski definition) is 4. The van der Waals surface area contributed by atoms with Gasteiger partial charge in [0.1, 0.15) is 0 Å². The van der Waals surface area contributed by atoms with Crippen LogP contribution in [-0.2, 0) is 0 Å². The maximum absolute atomic E-state index is 12.8. The van der Waals surface area contributed by atoms with Gasteiger partial charge in [0.15, 0.2) is 0 Å². The van der Waals surface area contributed by atoms with Gasteiger partial charge in [0.2, 0.25) is 5.76 Å². The van der Waals surface area contributed by atoms with E-state index in [2.05, 4.69) is 61.3 Å². The van der Waals surface area contributed by atoms with Crippen molar-refractivity contribution < 1.29 is 9.32 Å². The van der Waals surface area contributed by atoms with E-state index in [0.717, 1.165) is 38.2 Å². The van der Waals surface area contributed by atoms with Gasteiger partial charge in [-0.2, -0.15) is 0 Å². The summed E-state index contributed by atoms with van der Waals surface area (Å²) in [7, 11) is 2.24. The fraction of sp³-hybridized carbons (Fsp3) is 0.545. The maximum Gasteiger partial charge on any atom is 0.292 e. The second kappa shape index (κ2) is 7.12. The van der Waals surface area contributed by atoms with Crippen molar-refractivity contribution in [2.75, 3.05) is 26.7 Å². The van der Waals surface area contributed by atoms with Crippen molar-refractivity contribution in [2.45, 2.75) is 50.5 Å². The van der Waals surface area contributed by atoms with Crippen LogP contribution in [0, 0.1) is 0 Å². The fourth-order valence-electron chi connectivity index (χ4n) is 4.68. The summed E-state index contributed by atoms with van der Waals surface area (Å²) in [4.78, 5) is 17.2. The lowest BCUT2D eigenvalue weighted by Gasteiger charge is -2.43. The zero-order chi connectivity index (χ0) is 19.0. The molecule has 1 aromatic carbocycles. The molecule has 1 amide bonds. The van der Waals surface area contributed by atoms with Crippen LogP contribution in [0.25, 0.3) is 0 Å². The van der Waals surface area contributed by atoms with E-state index < -0.39 is 0 Å². The molecule has 0 aliphatic carbocycles. The SMILES string of the molecule is CC(C)c1cc(C(=O)N2CCC3(CC2)C[C@@H](c2ccccc2)CN3C)on1. The van der Waals surface area contributed by atoms with Crippen LogP contribution in [0.2, 0.25) is 0 Å². The third-order valence-electron chi connectivity index (χ3n) is 6.51. The molecule has 0 saturated carbocycles. The quantitative estimate of drug-likeness (QED) is 0.826. The largest absolute Gasteiger partial charge is 0.351 e. The first-order chi connectivity index (χ1) is 13.0. The normalized spacial score (nSPS) is 22.7. The number of nitrogens with zero attached hydrogens (tertiary/aromatic N) is 3. The molecule has 2 aliphatic heterocycles. The molecule has 3 heterocycles. The lowest BCUT2D eigenvalue weighted by molar-refractivity contribution is 0.0460. The Labute approximate surface area is 161 Å². The summed E-state index contributed by atoms with van der Waals surface area (Å²) in [5.41, 5.74) is 2.48. The van der Waals surface area contributed by atoms with Crippen LogP contribution in [0.3, 0.4) is 0 Å². The highest BCUT2D eigenvalue weighted by molar-refractivity contribution is 5.91. The van der Waals surface area contributed by atoms with E-state index in [1.807, 2.05) is 4.90 Å². The number of piperidine rings is 1. The molecule has 1 spiro atoms. The first-order valence-electron chi connectivity index (χ1n) is 10.0. The molecule has 4 rings (SSSR count). The monoisotopic (exact) mass is 367 g/mol. The summed E-state index contributed by atoms with van der Waals surface area (Å²) in [6.07, 6.45) is 3.21. The van der Waals surface area contributed by atoms with Gasteiger partial charge >= 0.3 is 0 Å². The van der Waals surface area contributed by atoms with Gasteiger partial charge in [-0.1, -0.05) is 49.3 Å². The van der Waals surface area contributed by atoms with Crippen LogP contribution in [0.5, 0.6) is 0 Å². The minimum Gasteiger partial charge on any atom is -0.351 e. The summed E-state index contributed by atoms with van der Waals surface area (Å²) < 4.78 is 5.30. The van der Waals surface area contributed by atoms with E-state index in [-0.39, 0.29) is 17.4 Å². The van der Waals surface area contributed by atoms with Crippen LogP contribution in [-0.4, -0.2) is 53.1 Å². The van der Waals surface area contributed by atoms with E-state index in [0.29, 0.717) is 11.7 Å². The first kappa shape index (κ1) is 18.2. The molecule has 2 fully saturated rings. The molecule has 2 aliphatic rings. The molecule has 5 heteroatoms. The van der Waals surface area contributed by atoms with Crippen molar-refractivity contribution in [3.63, 3.8) is 0 Å². The smallest absolute Gasteiger partial charge is 0.292 e. The average Bonchev–Trinajstić information content (AvgIpc) is 3.29. The zero-order valence-electron chi connectivity index (χ0n) is 16.5. The number of likely N-dealkylation sites (N-methyl/N-ethyl adjacent to an activating group) is 1. The van der Waals surface area contributed by atoms with Crippen molar-refractivity contribution >= 4 is 5.91 Å². The standard InChI is InChI=1S/C22H29N3O2/c1-16(2)19-13-20(27-23-19)21(26)25-11-9-22(10-12-25)14-18(15-24(22)3)17-7-5-4-6-8-17/h4-8,13,16,18H,9-12,14-15H2,1-3H3/t18-/m1/s1. The molecule has 2 saturated heterocycles. The van der Waals surface area contributed by atoms with Crippen molar-refractivity contribution in [1.29, 1.82) is 0 Å². The summed E-state index contributed by atoms with van der Waals surface area (Å²) in [6, 6.07) is 12.6. The molecule has 2 aromatic rings. The van der Waals surface area contributed by atoms with Crippen molar-refractivity contribution in [2.24, 2.45) is 0 Å². The molecule has 144 valence electrons. The molecule has 0 N–H and O–H groups in total. The van der Waals surface area contributed by atoms with Crippen molar-refractivity contribution in [3.8, 4) is 0 Å². The molecular formula is C22H29N3O2. The van der Waals surface area contributed by atoms with Crippen LogP contribution >= 0.6 is 0 Å². The third kappa shape index (κ3) is 3.41. The highest BCUT2D eigenvalue weighted by atomic mass is 16.5. The molecule has 0 unspecified atom stereocenters. The Morgan fingerprint density at radius 2 is 1.93 bits per heavy atom. The first-order valence-corrected chi connectivity index (χ1v) is 10.0. The second-order valence-corrected chi connectivity index (χ2v) is 8.48. The summed E-state index contributed by atoms with van der Waals surface area (Å²) in [6.45, 7) is 6.76. The highest BCUT2D eigenvalue weighted by Crippen LogP contribution is 2.44. The molecular weight excluding hydrogens is 338 g/mol. The number of hydrogen-bond donors (Lipinski definition) is 0. The van der Waals surface area contributed by atoms with Crippen molar-refractivity contribution in [1.82, 2.24) is 15.0 Å². The molecule has 0 bridgehead atoms. The number of carbonyl (C=O) groups excluding carboxylic acids is 1. The number of likely N-dealkylation sites (tertiary alicyclic amines) is 2. The van der Waals surface area contributed by atoms with Gasteiger partial charge in [-0.15, -0.1) is 0 Å². The Hall–Kier alpha value is -2.14. The Morgan fingerprint density at radius 1 is 1.22 bits per heavy atom. The van der Waals surface area contributed by atoms with E-state index >= 15 is 0 Å². The number of amides is 1. The minimum absolute atomic E-state index is 0.0236. The zero-order valence-corrected chi connectivity index (χ0v) is 16.5. The lowest BCUT2D eigenvalue weighted by Crippen LogP contribution is -2.51. The van der Waals surface area contributed by atoms with Crippen LogP contribution in [0.1, 0.15) is 66.8 Å². The second-order valence-electron chi connectivity index (χ2n) is 8.48. The predicted molar refractivity (Wildman–Crippen MR) is 105 cm³/mol. The number of aromatic nitrogens is 1. The Bertz CT molecular complexity index is 791. The van der Waals surface area contributed by atoms with Crippen LogP contribution < -0.4 is 0 Å². The van der Waals surface area contributed by atoms with Crippen LogP contribution in [0.4, 0.5) is 0 Å². The summed E-state index contributed by atoms with van der Waals surface area (Å²) in [5.74, 6) is 1.20. The number of rotatable bonds is 3. The van der Waals surface area contributed by atoms with E-state index in [1.54, 1.807) is 6.07 Å². The Balaban J connectivity index is 1.41.